The molecule has 33 heavy (non-hydrogen) atoms. The Morgan fingerprint density at radius 1 is 1.00 bits per heavy atom. The largest absolute Gasteiger partial charge is 0.353 e. The fourth-order valence-corrected chi connectivity index (χ4v) is 5.98. The highest BCUT2D eigenvalue weighted by molar-refractivity contribution is 7.19. The van der Waals surface area contributed by atoms with Crippen LogP contribution in [0.2, 0.25) is 0 Å². The van der Waals surface area contributed by atoms with Crippen molar-refractivity contribution in [3.05, 3.63) is 35.9 Å². The van der Waals surface area contributed by atoms with Crippen LogP contribution in [-0.4, -0.2) is 65.7 Å². The Balaban J connectivity index is 1.10. The van der Waals surface area contributed by atoms with Gasteiger partial charge in [-0.25, -0.2) is 0 Å². The first-order chi connectivity index (χ1) is 16.2. The van der Waals surface area contributed by atoms with Crippen LogP contribution in [-0.2, 0) is 16.1 Å². The zero-order valence-corrected chi connectivity index (χ0v) is 19.8. The molecule has 1 aromatic carbocycles. The lowest BCUT2D eigenvalue weighted by molar-refractivity contribution is -0.126. The van der Waals surface area contributed by atoms with E-state index in [1.165, 1.54) is 16.9 Å². The molecule has 0 bridgehead atoms. The molecule has 1 N–H and O–H groups in total. The van der Waals surface area contributed by atoms with Gasteiger partial charge in [0.1, 0.15) is 0 Å². The van der Waals surface area contributed by atoms with E-state index in [0.717, 1.165) is 70.0 Å². The average Bonchev–Trinajstić information content (AvgIpc) is 3.50. The quantitative estimate of drug-likeness (QED) is 0.702. The zero-order chi connectivity index (χ0) is 22.6. The molecule has 3 aliphatic rings. The van der Waals surface area contributed by atoms with Crippen molar-refractivity contribution < 1.29 is 9.59 Å². The molecule has 2 aromatic rings. The molecule has 9 heteroatoms. The molecule has 4 heterocycles. The van der Waals surface area contributed by atoms with Gasteiger partial charge in [-0.05, 0) is 37.7 Å². The van der Waals surface area contributed by atoms with E-state index in [-0.39, 0.29) is 23.8 Å². The number of hydrogen-bond donors (Lipinski definition) is 1. The average molecular weight is 469 g/mol. The van der Waals surface area contributed by atoms with Crippen LogP contribution in [0.4, 0.5) is 10.3 Å². The SMILES string of the molecule is O=C(NC1CCN(Cc2ccccc2)CC1)[C@@H]1CCCN(c2nnc(N3CCCC3=O)s2)C1. The fourth-order valence-electron chi connectivity index (χ4n) is 5.06. The van der Waals surface area contributed by atoms with E-state index in [9.17, 15) is 9.59 Å². The number of likely N-dealkylation sites (tertiary alicyclic amines) is 1. The van der Waals surface area contributed by atoms with Crippen molar-refractivity contribution in [3.8, 4) is 0 Å². The van der Waals surface area contributed by atoms with Gasteiger partial charge in [-0.15, -0.1) is 10.2 Å². The fraction of sp³-hybridized carbons (Fsp3) is 0.583. The third-order valence-electron chi connectivity index (χ3n) is 6.95. The van der Waals surface area contributed by atoms with Gasteiger partial charge in [0.25, 0.3) is 0 Å². The Morgan fingerprint density at radius 3 is 2.55 bits per heavy atom. The van der Waals surface area contributed by atoms with Crippen LogP contribution in [0, 0.1) is 5.92 Å². The molecule has 3 aliphatic heterocycles. The van der Waals surface area contributed by atoms with Crippen molar-refractivity contribution in [2.45, 2.75) is 51.1 Å². The third kappa shape index (κ3) is 5.35. The Hall–Kier alpha value is -2.52. The second-order valence-corrected chi connectivity index (χ2v) is 10.3. The molecule has 0 unspecified atom stereocenters. The Bertz CT molecular complexity index is 959. The maximum absolute atomic E-state index is 13.0. The topological polar surface area (TPSA) is 81.7 Å². The molecule has 5 rings (SSSR count). The van der Waals surface area contributed by atoms with E-state index in [1.54, 1.807) is 4.90 Å². The van der Waals surface area contributed by atoms with Gasteiger partial charge in [0.05, 0.1) is 5.92 Å². The Morgan fingerprint density at radius 2 is 1.79 bits per heavy atom. The van der Waals surface area contributed by atoms with Crippen LogP contribution in [0.1, 0.15) is 44.1 Å². The van der Waals surface area contributed by atoms with Crippen LogP contribution in [0.25, 0.3) is 0 Å². The van der Waals surface area contributed by atoms with Crippen molar-refractivity contribution in [3.63, 3.8) is 0 Å². The molecule has 3 saturated heterocycles. The summed E-state index contributed by atoms with van der Waals surface area (Å²) in [5.41, 5.74) is 1.34. The van der Waals surface area contributed by atoms with Crippen molar-refractivity contribution in [2.24, 2.45) is 5.92 Å². The molecule has 2 amide bonds. The standard InChI is InChI=1S/C24H32N6O2S/c31-21-9-5-13-30(21)24-27-26-23(33-24)29-12-4-8-19(17-29)22(32)25-20-10-14-28(15-11-20)16-18-6-2-1-3-7-18/h1-3,6-7,19-20H,4-5,8-17H2,(H,25,32)/t19-/m1/s1. The predicted octanol–water partition coefficient (Wildman–Crippen LogP) is 2.66. The highest BCUT2D eigenvalue weighted by atomic mass is 32.1. The van der Waals surface area contributed by atoms with E-state index in [4.69, 9.17) is 0 Å². The number of anilines is 2. The van der Waals surface area contributed by atoms with E-state index >= 15 is 0 Å². The number of amides is 2. The smallest absolute Gasteiger partial charge is 0.228 e. The normalized spacial score (nSPS) is 22.7. The number of carbonyl (C=O) groups excluding carboxylic acids is 2. The van der Waals surface area contributed by atoms with Crippen molar-refractivity contribution in [1.82, 2.24) is 20.4 Å². The van der Waals surface area contributed by atoms with E-state index < -0.39 is 0 Å². The highest BCUT2D eigenvalue weighted by Gasteiger charge is 2.31. The van der Waals surface area contributed by atoms with Gasteiger partial charge in [0, 0.05) is 51.7 Å². The minimum absolute atomic E-state index is 0.0260. The summed E-state index contributed by atoms with van der Waals surface area (Å²) in [5, 5.41) is 13.4. The van der Waals surface area contributed by atoms with Crippen LogP contribution in [0.5, 0.6) is 0 Å². The number of rotatable bonds is 6. The maximum atomic E-state index is 13.0. The summed E-state index contributed by atoms with van der Waals surface area (Å²) in [6.45, 7) is 5.28. The monoisotopic (exact) mass is 468 g/mol. The number of piperidine rings is 2. The summed E-state index contributed by atoms with van der Waals surface area (Å²) in [7, 11) is 0. The minimum atomic E-state index is -0.0260. The van der Waals surface area contributed by atoms with Gasteiger partial charge in [-0.1, -0.05) is 41.7 Å². The molecule has 8 nitrogen and oxygen atoms in total. The number of carbonyl (C=O) groups is 2. The minimum Gasteiger partial charge on any atom is -0.353 e. The number of aromatic nitrogens is 2. The lowest BCUT2D eigenvalue weighted by Crippen LogP contribution is -2.49. The predicted molar refractivity (Wildman–Crippen MR) is 129 cm³/mol. The highest BCUT2D eigenvalue weighted by Crippen LogP contribution is 2.32. The third-order valence-corrected chi connectivity index (χ3v) is 7.96. The maximum Gasteiger partial charge on any atom is 0.228 e. The Kier molecular flexibility index (Phi) is 6.87. The van der Waals surface area contributed by atoms with Gasteiger partial charge in [0.2, 0.25) is 22.1 Å². The number of nitrogens with zero attached hydrogens (tertiary/aromatic N) is 5. The second kappa shape index (κ2) is 10.2. The number of nitrogens with one attached hydrogen (secondary N) is 1. The first-order valence-electron chi connectivity index (χ1n) is 12.1. The number of hydrogen-bond acceptors (Lipinski definition) is 7. The molecular formula is C24H32N6O2S. The van der Waals surface area contributed by atoms with Crippen LogP contribution >= 0.6 is 11.3 Å². The zero-order valence-electron chi connectivity index (χ0n) is 19.0. The summed E-state index contributed by atoms with van der Waals surface area (Å²) in [5.74, 6) is 0.269. The van der Waals surface area contributed by atoms with Crippen molar-refractivity contribution >= 4 is 33.4 Å². The molecule has 1 atom stereocenters. The van der Waals surface area contributed by atoms with Crippen LogP contribution < -0.4 is 15.1 Å². The van der Waals surface area contributed by atoms with Crippen LogP contribution in [0.3, 0.4) is 0 Å². The van der Waals surface area contributed by atoms with Gasteiger partial charge in [-0.3, -0.25) is 19.4 Å². The second-order valence-electron chi connectivity index (χ2n) is 9.35. The molecule has 0 saturated carbocycles. The van der Waals surface area contributed by atoms with E-state index in [2.05, 4.69) is 55.6 Å². The molecule has 3 fully saturated rings. The summed E-state index contributed by atoms with van der Waals surface area (Å²) in [4.78, 5) is 31.4. The van der Waals surface area contributed by atoms with Gasteiger partial charge >= 0.3 is 0 Å². The Labute approximate surface area is 199 Å². The van der Waals surface area contributed by atoms with Gasteiger partial charge in [0.15, 0.2) is 0 Å². The molecular weight excluding hydrogens is 436 g/mol. The summed E-state index contributed by atoms with van der Waals surface area (Å²) in [6.07, 6.45) is 5.34. The van der Waals surface area contributed by atoms with Crippen molar-refractivity contribution in [2.75, 3.05) is 42.5 Å². The summed E-state index contributed by atoms with van der Waals surface area (Å²) >= 11 is 1.46. The van der Waals surface area contributed by atoms with Crippen molar-refractivity contribution in [1.29, 1.82) is 0 Å². The summed E-state index contributed by atoms with van der Waals surface area (Å²) in [6, 6.07) is 10.8. The van der Waals surface area contributed by atoms with E-state index in [1.807, 2.05) is 0 Å². The van der Waals surface area contributed by atoms with E-state index in [0.29, 0.717) is 18.1 Å². The lowest BCUT2D eigenvalue weighted by Gasteiger charge is -2.35. The molecule has 0 spiro atoms. The lowest BCUT2D eigenvalue weighted by atomic mass is 9.96. The molecule has 0 radical (unpaired) electrons. The first-order valence-corrected chi connectivity index (χ1v) is 12.9. The van der Waals surface area contributed by atoms with Crippen LogP contribution in [0.15, 0.2) is 30.3 Å². The van der Waals surface area contributed by atoms with Gasteiger partial charge < -0.3 is 10.2 Å². The first kappa shape index (κ1) is 22.3. The molecule has 0 aliphatic carbocycles. The van der Waals surface area contributed by atoms with Gasteiger partial charge in [-0.2, -0.15) is 0 Å². The molecule has 1 aromatic heterocycles. The molecule has 176 valence electrons. The number of benzene rings is 1. The summed E-state index contributed by atoms with van der Waals surface area (Å²) < 4.78 is 0.